The van der Waals surface area contributed by atoms with Crippen LogP contribution in [-0.2, 0) is 0 Å². The third-order valence-electron chi connectivity index (χ3n) is 6.12. The highest BCUT2D eigenvalue weighted by Crippen LogP contribution is 2.37. The van der Waals surface area contributed by atoms with Gasteiger partial charge in [0, 0.05) is 22.7 Å². The molecule has 27 heavy (non-hydrogen) atoms. The van der Waals surface area contributed by atoms with Gasteiger partial charge in [-0.05, 0) is 67.0 Å². The van der Waals surface area contributed by atoms with E-state index in [2.05, 4.69) is 50.1 Å². The molecule has 1 aliphatic rings. The predicted molar refractivity (Wildman–Crippen MR) is 108 cm³/mol. The number of aryl methyl sites for hydroxylation is 2. The van der Waals surface area contributed by atoms with E-state index >= 15 is 0 Å². The van der Waals surface area contributed by atoms with E-state index in [1.165, 1.54) is 0 Å². The van der Waals surface area contributed by atoms with Crippen molar-refractivity contribution in [3.63, 3.8) is 0 Å². The van der Waals surface area contributed by atoms with E-state index in [0.29, 0.717) is 17.0 Å². The number of amides is 1. The summed E-state index contributed by atoms with van der Waals surface area (Å²) in [7, 11) is 2.17. The zero-order chi connectivity index (χ0) is 20.0. The molecule has 0 atom stereocenters. The maximum Gasteiger partial charge on any atom is 0.257 e. The molecular formula is C22H31N3O2. The summed E-state index contributed by atoms with van der Waals surface area (Å²) in [6.45, 7) is 12.8. The maximum absolute atomic E-state index is 13.2. The summed E-state index contributed by atoms with van der Waals surface area (Å²) in [6.07, 6.45) is 1.81. The van der Waals surface area contributed by atoms with Gasteiger partial charge >= 0.3 is 0 Å². The summed E-state index contributed by atoms with van der Waals surface area (Å²) in [5.74, 6) is 0.447. The van der Waals surface area contributed by atoms with Crippen molar-refractivity contribution in [1.29, 1.82) is 0 Å². The molecule has 5 heteroatoms. The molecule has 5 nitrogen and oxygen atoms in total. The lowest BCUT2D eigenvalue weighted by molar-refractivity contribution is -0.0169. The van der Waals surface area contributed by atoms with Crippen LogP contribution in [0, 0.1) is 13.8 Å². The van der Waals surface area contributed by atoms with Crippen LogP contribution in [0.25, 0.3) is 11.3 Å². The van der Waals surface area contributed by atoms with Crippen molar-refractivity contribution < 1.29 is 9.32 Å². The van der Waals surface area contributed by atoms with Gasteiger partial charge in [0.1, 0.15) is 5.56 Å². The summed E-state index contributed by atoms with van der Waals surface area (Å²) >= 11 is 0. The molecule has 2 heterocycles. The van der Waals surface area contributed by atoms with E-state index in [1.54, 1.807) is 0 Å². The van der Waals surface area contributed by atoms with Crippen LogP contribution in [0.1, 0.15) is 62.2 Å². The van der Waals surface area contributed by atoms with Crippen molar-refractivity contribution in [3.05, 3.63) is 41.1 Å². The first-order valence-corrected chi connectivity index (χ1v) is 9.60. The number of piperidine rings is 1. The van der Waals surface area contributed by atoms with Crippen LogP contribution >= 0.6 is 0 Å². The number of hydrogen-bond acceptors (Lipinski definition) is 4. The SMILES string of the molecule is Cc1ccccc1-c1onc(C)c1C(=O)NC1CC(C)(C)N(C)C(C)(C)C1. The first-order chi connectivity index (χ1) is 12.5. The normalized spacial score (nSPS) is 19.8. The van der Waals surface area contributed by atoms with Crippen LogP contribution in [0.3, 0.4) is 0 Å². The van der Waals surface area contributed by atoms with Crippen LogP contribution in [-0.4, -0.2) is 40.1 Å². The van der Waals surface area contributed by atoms with Crippen molar-refractivity contribution in [2.75, 3.05) is 7.05 Å². The topological polar surface area (TPSA) is 58.4 Å². The van der Waals surface area contributed by atoms with E-state index in [9.17, 15) is 4.79 Å². The Kier molecular flexibility index (Phi) is 4.93. The maximum atomic E-state index is 13.2. The summed E-state index contributed by atoms with van der Waals surface area (Å²) < 4.78 is 5.55. The van der Waals surface area contributed by atoms with Gasteiger partial charge in [-0.3, -0.25) is 9.69 Å². The van der Waals surface area contributed by atoms with Crippen LogP contribution in [0.4, 0.5) is 0 Å². The number of carbonyl (C=O) groups is 1. The van der Waals surface area contributed by atoms with Gasteiger partial charge in [-0.2, -0.15) is 0 Å². The Labute approximate surface area is 162 Å². The Morgan fingerprint density at radius 2 is 1.74 bits per heavy atom. The fourth-order valence-electron chi connectivity index (χ4n) is 4.38. The summed E-state index contributed by atoms with van der Waals surface area (Å²) in [5.41, 5.74) is 3.16. The van der Waals surface area contributed by atoms with Crippen LogP contribution in [0.2, 0.25) is 0 Å². The number of nitrogens with zero attached hydrogens (tertiary/aromatic N) is 2. The van der Waals surface area contributed by atoms with E-state index in [0.717, 1.165) is 24.0 Å². The Bertz CT molecular complexity index is 833. The zero-order valence-electron chi connectivity index (χ0n) is 17.5. The monoisotopic (exact) mass is 369 g/mol. The lowest BCUT2D eigenvalue weighted by atomic mass is 9.77. The number of benzene rings is 1. The molecule has 1 aromatic heterocycles. The van der Waals surface area contributed by atoms with Gasteiger partial charge < -0.3 is 9.84 Å². The second-order valence-corrected chi connectivity index (χ2v) is 9.05. The van der Waals surface area contributed by atoms with Crippen molar-refractivity contribution >= 4 is 5.91 Å². The molecule has 0 aliphatic carbocycles. The standard InChI is InChI=1S/C22H31N3O2/c1-14-10-8-9-11-17(14)19-18(15(2)24-27-19)20(26)23-16-12-21(3,4)25(7)22(5,6)13-16/h8-11,16H,12-13H2,1-7H3,(H,23,26). The van der Waals surface area contributed by atoms with E-state index in [1.807, 2.05) is 38.1 Å². The molecule has 1 aromatic carbocycles. The van der Waals surface area contributed by atoms with Gasteiger partial charge in [0.15, 0.2) is 5.76 Å². The van der Waals surface area contributed by atoms with Crippen LogP contribution < -0.4 is 5.32 Å². The highest BCUT2D eigenvalue weighted by Gasteiger charge is 2.43. The number of aromatic nitrogens is 1. The molecule has 2 aromatic rings. The van der Waals surface area contributed by atoms with Gasteiger partial charge in [-0.1, -0.05) is 29.4 Å². The highest BCUT2D eigenvalue weighted by molar-refractivity contribution is 6.01. The Morgan fingerprint density at radius 1 is 1.15 bits per heavy atom. The Balaban J connectivity index is 1.88. The van der Waals surface area contributed by atoms with Crippen molar-refractivity contribution in [3.8, 4) is 11.3 Å². The molecule has 146 valence electrons. The smallest absolute Gasteiger partial charge is 0.257 e. The summed E-state index contributed by atoms with van der Waals surface area (Å²) in [5, 5.41) is 7.33. The zero-order valence-corrected chi connectivity index (χ0v) is 17.5. The average Bonchev–Trinajstić information content (AvgIpc) is 2.94. The highest BCUT2D eigenvalue weighted by atomic mass is 16.5. The van der Waals surface area contributed by atoms with Crippen molar-refractivity contribution in [2.24, 2.45) is 0 Å². The molecule has 1 N–H and O–H groups in total. The van der Waals surface area contributed by atoms with Crippen LogP contribution in [0.15, 0.2) is 28.8 Å². The minimum absolute atomic E-state index is 0.0161. The summed E-state index contributed by atoms with van der Waals surface area (Å²) in [6, 6.07) is 8.01. The summed E-state index contributed by atoms with van der Waals surface area (Å²) in [4.78, 5) is 15.6. The molecule has 0 bridgehead atoms. The second kappa shape index (κ2) is 6.79. The third-order valence-corrected chi connectivity index (χ3v) is 6.12. The molecular weight excluding hydrogens is 338 g/mol. The fourth-order valence-corrected chi connectivity index (χ4v) is 4.38. The molecule has 1 fully saturated rings. The van der Waals surface area contributed by atoms with Gasteiger partial charge in [0.2, 0.25) is 0 Å². The average molecular weight is 370 g/mol. The van der Waals surface area contributed by atoms with Crippen LogP contribution in [0.5, 0.6) is 0 Å². The molecule has 1 saturated heterocycles. The minimum atomic E-state index is -0.104. The number of rotatable bonds is 3. The third kappa shape index (κ3) is 3.65. The van der Waals surface area contributed by atoms with E-state index in [-0.39, 0.29) is 23.0 Å². The number of carbonyl (C=O) groups excluding carboxylic acids is 1. The molecule has 0 radical (unpaired) electrons. The number of nitrogens with one attached hydrogen (secondary N) is 1. The number of hydrogen-bond donors (Lipinski definition) is 1. The first kappa shape index (κ1) is 19.6. The fraction of sp³-hybridized carbons (Fsp3) is 0.545. The lowest BCUT2D eigenvalue weighted by Crippen LogP contribution is -2.62. The first-order valence-electron chi connectivity index (χ1n) is 9.60. The van der Waals surface area contributed by atoms with Crippen molar-refractivity contribution in [2.45, 2.75) is 71.5 Å². The van der Waals surface area contributed by atoms with Gasteiger partial charge in [-0.25, -0.2) is 0 Å². The number of likely N-dealkylation sites (tertiary alicyclic amines) is 1. The largest absolute Gasteiger partial charge is 0.355 e. The molecule has 0 unspecified atom stereocenters. The van der Waals surface area contributed by atoms with E-state index in [4.69, 9.17) is 4.52 Å². The Hall–Kier alpha value is -2.14. The minimum Gasteiger partial charge on any atom is -0.355 e. The molecule has 1 amide bonds. The van der Waals surface area contributed by atoms with Crippen molar-refractivity contribution in [1.82, 2.24) is 15.4 Å². The predicted octanol–water partition coefficient (Wildman–Crippen LogP) is 4.34. The Morgan fingerprint density at radius 3 is 2.33 bits per heavy atom. The van der Waals surface area contributed by atoms with Gasteiger partial charge in [0.25, 0.3) is 5.91 Å². The molecule has 1 aliphatic heterocycles. The van der Waals surface area contributed by atoms with E-state index < -0.39 is 0 Å². The quantitative estimate of drug-likeness (QED) is 0.874. The molecule has 3 rings (SSSR count). The van der Waals surface area contributed by atoms with Gasteiger partial charge in [0.05, 0.1) is 5.69 Å². The second-order valence-electron chi connectivity index (χ2n) is 9.05. The molecule has 0 spiro atoms. The molecule has 0 saturated carbocycles. The van der Waals surface area contributed by atoms with Gasteiger partial charge in [-0.15, -0.1) is 0 Å². The lowest BCUT2D eigenvalue weighted by Gasteiger charge is -2.53.